The number of nitrogens with one attached hydrogen (secondary N) is 2. The lowest BCUT2D eigenvalue weighted by molar-refractivity contribution is -0.115. The van der Waals surface area contributed by atoms with Crippen LogP contribution >= 0.6 is 0 Å². The summed E-state index contributed by atoms with van der Waals surface area (Å²) >= 11 is 0. The summed E-state index contributed by atoms with van der Waals surface area (Å²) in [6.07, 6.45) is 1.86. The average molecular weight is 377 g/mol. The monoisotopic (exact) mass is 377 g/mol. The minimum Gasteiger partial charge on any atom is -0.493 e. The number of nitrogens with zero attached hydrogens (tertiary/aromatic N) is 1. The van der Waals surface area contributed by atoms with Crippen LogP contribution in [-0.2, 0) is 11.2 Å². The molecule has 2 N–H and O–H groups in total. The van der Waals surface area contributed by atoms with Crippen LogP contribution < -0.4 is 20.1 Å². The lowest BCUT2D eigenvalue weighted by Gasteiger charge is -2.10. The minimum absolute atomic E-state index is 0.131. The van der Waals surface area contributed by atoms with Crippen molar-refractivity contribution in [3.63, 3.8) is 0 Å². The molecule has 0 spiro atoms. The fourth-order valence-corrected chi connectivity index (χ4v) is 2.79. The van der Waals surface area contributed by atoms with Gasteiger partial charge in [-0.25, -0.2) is 4.98 Å². The van der Waals surface area contributed by atoms with Gasteiger partial charge in [-0.3, -0.25) is 4.79 Å². The number of pyridine rings is 1. The molecular weight excluding hydrogens is 354 g/mol. The Bertz CT molecular complexity index is 955. The first-order chi connectivity index (χ1) is 13.6. The van der Waals surface area contributed by atoms with Gasteiger partial charge in [0.15, 0.2) is 11.5 Å². The van der Waals surface area contributed by atoms with Crippen molar-refractivity contribution in [1.29, 1.82) is 0 Å². The van der Waals surface area contributed by atoms with Crippen LogP contribution in [0.25, 0.3) is 0 Å². The number of carbonyl (C=O) groups excluding carboxylic acids is 1. The standard InChI is InChI=1S/C22H23N3O3/c1-15-5-4-6-17(11-15)24-21-10-8-18(14-23-21)25-22(26)13-16-7-9-19(27-2)20(12-16)28-3/h4-12,14H,13H2,1-3H3,(H,23,24)(H,25,26). The minimum atomic E-state index is -0.131. The molecule has 6 nitrogen and oxygen atoms in total. The smallest absolute Gasteiger partial charge is 0.228 e. The number of carbonyl (C=O) groups is 1. The van der Waals surface area contributed by atoms with E-state index in [2.05, 4.69) is 15.6 Å². The van der Waals surface area contributed by atoms with Crippen LogP contribution in [0.2, 0.25) is 0 Å². The van der Waals surface area contributed by atoms with Gasteiger partial charge in [0, 0.05) is 5.69 Å². The van der Waals surface area contributed by atoms with Crippen molar-refractivity contribution >= 4 is 23.1 Å². The molecule has 0 aliphatic heterocycles. The topological polar surface area (TPSA) is 72.5 Å². The summed E-state index contributed by atoms with van der Waals surface area (Å²) in [6, 6.07) is 17.1. The van der Waals surface area contributed by atoms with E-state index < -0.39 is 0 Å². The summed E-state index contributed by atoms with van der Waals surface area (Å²) in [5.41, 5.74) is 3.61. The van der Waals surface area contributed by atoms with Crippen molar-refractivity contribution in [2.45, 2.75) is 13.3 Å². The third kappa shape index (κ3) is 5.01. The summed E-state index contributed by atoms with van der Waals surface area (Å²) in [5.74, 6) is 1.81. The largest absolute Gasteiger partial charge is 0.493 e. The molecule has 0 aliphatic carbocycles. The van der Waals surface area contributed by atoms with Crippen molar-refractivity contribution < 1.29 is 14.3 Å². The second-order valence-electron chi connectivity index (χ2n) is 6.34. The molecule has 1 amide bonds. The maximum atomic E-state index is 12.3. The number of ether oxygens (including phenoxy) is 2. The molecule has 144 valence electrons. The molecular formula is C22H23N3O3. The predicted octanol–water partition coefficient (Wildman–Crippen LogP) is 4.33. The highest BCUT2D eigenvalue weighted by Gasteiger charge is 2.09. The zero-order valence-corrected chi connectivity index (χ0v) is 16.2. The van der Waals surface area contributed by atoms with E-state index in [1.54, 1.807) is 32.5 Å². The van der Waals surface area contributed by atoms with Crippen molar-refractivity contribution in [2.24, 2.45) is 0 Å². The van der Waals surface area contributed by atoms with Crippen LogP contribution in [0.15, 0.2) is 60.8 Å². The van der Waals surface area contributed by atoms with Gasteiger partial charge in [-0.15, -0.1) is 0 Å². The van der Waals surface area contributed by atoms with Gasteiger partial charge in [0.2, 0.25) is 5.91 Å². The van der Waals surface area contributed by atoms with Gasteiger partial charge < -0.3 is 20.1 Å². The van der Waals surface area contributed by atoms with Gasteiger partial charge in [-0.2, -0.15) is 0 Å². The third-order valence-corrected chi connectivity index (χ3v) is 4.15. The highest BCUT2D eigenvalue weighted by Crippen LogP contribution is 2.27. The molecule has 0 radical (unpaired) electrons. The second kappa shape index (κ2) is 8.90. The van der Waals surface area contributed by atoms with Crippen LogP contribution in [0.1, 0.15) is 11.1 Å². The molecule has 28 heavy (non-hydrogen) atoms. The molecule has 0 saturated carbocycles. The van der Waals surface area contributed by atoms with Gasteiger partial charge >= 0.3 is 0 Å². The molecule has 0 atom stereocenters. The average Bonchev–Trinajstić information content (AvgIpc) is 2.69. The lowest BCUT2D eigenvalue weighted by atomic mass is 10.1. The fraction of sp³-hybridized carbons (Fsp3) is 0.182. The molecule has 3 rings (SSSR count). The maximum absolute atomic E-state index is 12.3. The number of aromatic nitrogens is 1. The molecule has 1 aromatic heterocycles. The molecule has 3 aromatic rings. The Balaban J connectivity index is 1.60. The Hall–Kier alpha value is -3.54. The number of amides is 1. The van der Waals surface area contributed by atoms with Crippen LogP contribution in [0, 0.1) is 6.92 Å². The first-order valence-electron chi connectivity index (χ1n) is 8.88. The number of aryl methyl sites for hydroxylation is 1. The van der Waals surface area contributed by atoms with Crippen molar-refractivity contribution in [3.8, 4) is 11.5 Å². The number of benzene rings is 2. The Labute approximate surface area is 164 Å². The van der Waals surface area contributed by atoms with Crippen molar-refractivity contribution in [2.75, 3.05) is 24.9 Å². The predicted molar refractivity (Wildman–Crippen MR) is 111 cm³/mol. The van der Waals surface area contributed by atoms with E-state index in [1.807, 2.05) is 49.4 Å². The van der Waals surface area contributed by atoms with E-state index in [0.717, 1.165) is 11.3 Å². The van der Waals surface area contributed by atoms with E-state index in [-0.39, 0.29) is 12.3 Å². The molecule has 0 saturated heterocycles. The number of anilines is 3. The molecule has 1 heterocycles. The summed E-state index contributed by atoms with van der Waals surface area (Å²) in [5, 5.41) is 6.09. The normalized spacial score (nSPS) is 10.2. The van der Waals surface area contributed by atoms with Gasteiger partial charge in [-0.05, 0) is 54.4 Å². The number of rotatable bonds is 7. The highest BCUT2D eigenvalue weighted by molar-refractivity contribution is 5.92. The summed E-state index contributed by atoms with van der Waals surface area (Å²) in [6.45, 7) is 2.04. The fourth-order valence-electron chi connectivity index (χ4n) is 2.79. The number of hydrogen-bond donors (Lipinski definition) is 2. The zero-order valence-electron chi connectivity index (χ0n) is 16.2. The molecule has 2 aromatic carbocycles. The Morgan fingerprint density at radius 3 is 2.46 bits per heavy atom. The molecule has 6 heteroatoms. The van der Waals surface area contributed by atoms with Gasteiger partial charge in [0.25, 0.3) is 0 Å². The Kier molecular flexibility index (Phi) is 6.11. The summed E-state index contributed by atoms with van der Waals surface area (Å²) in [7, 11) is 3.15. The summed E-state index contributed by atoms with van der Waals surface area (Å²) in [4.78, 5) is 16.7. The zero-order chi connectivity index (χ0) is 19.9. The van der Waals surface area contributed by atoms with E-state index in [1.165, 1.54) is 5.56 Å². The van der Waals surface area contributed by atoms with Gasteiger partial charge in [-0.1, -0.05) is 18.2 Å². The molecule has 0 fully saturated rings. The maximum Gasteiger partial charge on any atom is 0.228 e. The highest BCUT2D eigenvalue weighted by atomic mass is 16.5. The first kappa shape index (κ1) is 19.2. The van der Waals surface area contributed by atoms with E-state index in [0.29, 0.717) is 23.0 Å². The lowest BCUT2D eigenvalue weighted by Crippen LogP contribution is -2.14. The summed E-state index contributed by atoms with van der Waals surface area (Å²) < 4.78 is 10.5. The number of methoxy groups -OCH3 is 2. The second-order valence-corrected chi connectivity index (χ2v) is 6.34. The van der Waals surface area contributed by atoms with Gasteiger partial charge in [0.05, 0.1) is 32.5 Å². The third-order valence-electron chi connectivity index (χ3n) is 4.15. The van der Waals surface area contributed by atoms with Crippen LogP contribution in [-0.4, -0.2) is 25.1 Å². The Morgan fingerprint density at radius 1 is 0.964 bits per heavy atom. The Morgan fingerprint density at radius 2 is 1.79 bits per heavy atom. The van der Waals surface area contributed by atoms with Crippen LogP contribution in [0.4, 0.5) is 17.2 Å². The van der Waals surface area contributed by atoms with Crippen molar-refractivity contribution in [1.82, 2.24) is 4.98 Å². The van der Waals surface area contributed by atoms with Crippen LogP contribution in [0.3, 0.4) is 0 Å². The number of hydrogen-bond acceptors (Lipinski definition) is 5. The quantitative estimate of drug-likeness (QED) is 0.641. The van der Waals surface area contributed by atoms with E-state index in [9.17, 15) is 4.79 Å². The first-order valence-corrected chi connectivity index (χ1v) is 8.88. The van der Waals surface area contributed by atoms with Gasteiger partial charge in [0.1, 0.15) is 5.82 Å². The molecule has 0 bridgehead atoms. The van der Waals surface area contributed by atoms with Crippen LogP contribution in [0.5, 0.6) is 11.5 Å². The van der Waals surface area contributed by atoms with E-state index >= 15 is 0 Å². The molecule has 0 aliphatic rings. The molecule has 0 unspecified atom stereocenters. The van der Waals surface area contributed by atoms with Crippen molar-refractivity contribution in [3.05, 3.63) is 71.9 Å². The SMILES string of the molecule is COc1ccc(CC(=O)Nc2ccc(Nc3cccc(C)c3)nc2)cc1OC. The van der Waals surface area contributed by atoms with E-state index in [4.69, 9.17) is 9.47 Å².